The molecule has 0 aliphatic carbocycles. The van der Waals surface area contributed by atoms with Gasteiger partial charge in [0.2, 0.25) is 0 Å². The molecule has 0 bridgehead atoms. The fourth-order valence-corrected chi connectivity index (χ4v) is 1.58. The Hall–Kier alpha value is -1.26. The molecule has 1 aromatic rings. The number of aliphatic hydroxyl groups is 1. The lowest BCUT2D eigenvalue weighted by Crippen LogP contribution is -2.25. The quantitative estimate of drug-likeness (QED) is 0.749. The highest BCUT2D eigenvalue weighted by molar-refractivity contribution is 6.18. The van der Waals surface area contributed by atoms with Crippen LogP contribution in [0.4, 0.5) is 5.69 Å². The normalized spacial score (nSPS) is 16.3. The van der Waals surface area contributed by atoms with Crippen LogP contribution in [-0.4, -0.2) is 23.5 Å². The lowest BCUT2D eigenvalue weighted by molar-refractivity contribution is -0.118. The number of ether oxygens (including phenoxy) is 1. The van der Waals surface area contributed by atoms with Gasteiger partial charge in [-0.3, -0.25) is 4.79 Å². The van der Waals surface area contributed by atoms with Crippen LogP contribution in [0.15, 0.2) is 18.2 Å². The van der Waals surface area contributed by atoms with Crippen LogP contribution in [0.2, 0.25) is 0 Å². The van der Waals surface area contributed by atoms with Crippen molar-refractivity contribution in [1.82, 2.24) is 0 Å². The maximum atomic E-state index is 11.1. The molecule has 0 saturated heterocycles. The van der Waals surface area contributed by atoms with Gasteiger partial charge in [0, 0.05) is 0 Å². The fraction of sp³-hybridized carbons (Fsp3) is 0.300. The Morgan fingerprint density at radius 2 is 2.40 bits per heavy atom. The van der Waals surface area contributed by atoms with Crippen molar-refractivity contribution in [3.8, 4) is 5.75 Å². The van der Waals surface area contributed by atoms with Gasteiger partial charge in [-0.25, -0.2) is 0 Å². The molecule has 0 radical (unpaired) electrons. The summed E-state index contributed by atoms with van der Waals surface area (Å²) in [6.45, 7) is 0.0321. The van der Waals surface area contributed by atoms with Crippen molar-refractivity contribution in [2.45, 2.75) is 6.10 Å². The van der Waals surface area contributed by atoms with E-state index in [4.69, 9.17) is 16.3 Å². The minimum absolute atomic E-state index is 0.0321. The second-order valence-electron chi connectivity index (χ2n) is 3.26. The summed E-state index contributed by atoms with van der Waals surface area (Å²) in [5, 5.41) is 12.2. The van der Waals surface area contributed by atoms with Crippen LogP contribution < -0.4 is 10.1 Å². The van der Waals surface area contributed by atoms with Crippen molar-refractivity contribution in [1.29, 1.82) is 0 Å². The van der Waals surface area contributed by atoms with E-state index in [9.17, 15) is 9.90 Å². The van der Waals surface area contributed by atoms with Gasteiger partial charge < -0.3 is 15.2 Å². The third-order valence-electron chi connectivity index (χ3n) is 2.17. The number of anilines is 1. The minimum Gasteiger partial charge on any atom is -0.482 e. The SMILES string of the molecule is O=C1COc2ccc(C(O)CCl)cc2N1. The summed E-state index contributed by atoms with van der Waals surface area (Å²) in [4.78, 5) is 11.1. The number of carbonyl (C=O) groups is 1. The van der Waals surface area contributed by atoms with Gasteiger partial charge in [0.1, 0.15) is 5.75 Å². The number of halogens is 1. The Balaban J connectivity index is 2.32. The molecule has 4 nitrogen and oxygen atoms in total. The topological polar surface area (TPSA) is 58.6 Å². The van der Waals surface area contributed by atoms with E-state index < -0.39 is 6.10 Å². The molecule has 1 aliphatic rings. The zero-order valence-corrected chi connectivity index (χ0v) is 8.62. The van der Waals surface area contributed by atoms with E-state index in [2.05, 4.69) is 5.32 Å². The highest BCUT2D eigenvalue weighted by atomic mass is 35.5. The number of fused-ring (bicyclic) bond motifs is 1. The molecule has 1 atom stereocenters. The molecule has 2 N–H and O–H groups in total. The van der Waals surface area contributed by atoms with Crippen LogP contribution in [0.5, 0.6) is 5.75 Å². The van der Waals surface area contributed by atoms with E-state index in [0.717, 1.165) is 0 Å². The molecule has 15 heavy (non-hydrogen) atoms. The second-order valence-corrected chi connectivity index (χ2v) is 3.57. The van der Waals surface area contributed by atoms with Crippen molar-refractivity contribution >= 4 is 23.2 Å². The standard InChI is InChI=1S/C10H10ClNO3/c11-4-8(13)6-1-2-9-7(3-6)12-10(14)5-15-9/h1-3,8,13H,4-5H2,(H,12,14). The maximum Gasteiger partial charge on any atom is 0.262 e. The van der Waals surface area contributed by atoms with E-state index in [1.807, 2.05) is 0 Å². The highest BCUT2D eigenvalue weighted by Crippen LogP contribution is 2.30. The van der Waals surface area contributed by atoms with Gasteiger partial charge in [-0.15, -0.1) is 11.6 Å². The highest BCUT2D eigenvalue weighted by Gasteiger charge is 2.17. The molecule has 2 rings (SSSR count). The first-order chi connectivity index (χ1) is 7.20. The van der Waals surface area contributed by atoms with E-state index in [0.29, 0.717) is 17.0 Å². The summed E-state index contributed by atoms with van der Waals surface area (Å²) in [6.07, 6.45) is -0.726. The number of alkyl halides is 1. The van der Waals surface area contributed by atoms with Crippen LogP contribution in [0.3, 0.4) is 0 Å². The maximum absolute atomic E-state index is 11.1. The molecular weight excluding hydrogens is 218 g/mol. The Kier molecular flexibility index (Phi) is 2.79. The number of aliphatic hydroxyl groups excluding tert-OH is 1. The Labute approximate surface area is 91.8 Å². The Bertz CT molecular complexity index is 394. The molecule has 1 unspecified atom stereocenters. The Morgan fingerprint density at radius 3 is 3.13 bits per heavy atom. The number of hydrogen-bond acceptors (Lipinski definition) is 3. The summed E-state index contributed by atoms with van der Waals surface area (Å²) in [5.41, 5.74) is 1.24. The third-order valence-corrected chi connectivity index (χ3v) is 2.46. The monoisotopic (exact) mass is 227 g/mol. The number of nitrogens with one attached hydrogen (secondary N) is 1. The minimum atomic E-state index is -0.726. The third kappa shape index (κ3) is 2.06. The van der Waals surface area contributed by atoms with Crippen molar-refractivity contribution in [3.05, 3.63) is 23.8 Å². The molecular formula is C10H10ClNO3. The lowest BCUT2D eigenvalue weighted by atomic mass is 10.1. The van der Waals surface area contributed by atoms with Crippen LogP contribution >= 0.6 is 11.6 Å². The van der Waals surface area contributed by atoms with Gasteiger partial charge in [0.15, 0.2) is 6.61 Å². The van der Waals surface area contributed by atoms with E-state index in [1.165, 1.54) is 0 Å². The first-order valence-electron chi connectivity index (χ1n) is 4.51. The van der Waals surface area contributed by atoms with Crippen molar-refractivity contribution in [2.24, 2.45) is 0 Å². The molecule has 0 spiro atoms. The predicted octanol–water partition coefficient (Wildman–Crippen LogP) is 1.29. The molecule has 5 heteroatoms. The summed E-state index contributed by atoms with van der Waals surface area (Å²) in [5.74, 6) is 0.535. The molecule has 1 aromatic carbocycles. The van der Waals surface area contributed by atoms with Gasteiger partial charge >= 0.3 is 0 Å². The average Bonchev–Trinajstić information content (AvgIpc) is 2.27. The molecule has 0 saturated carbocycles. The second kappa shape index (κ2) is 4.08. The van der Waals surface area contributed by atoms with Gasteiger partial charge in [0.25, 0.3) is 5.91 Å². The Morgan fingerprint density at radius 1 is 1.60 bits per heavy atom. The molecule has 1 heterocycles. The zero-order valence-electron chi connectivity index (χ0n) is 7.87. The molecule has 1 amide bonds. The van der Waals surface area contributed by atoms with E-state index >= 15 is 0 Å². The van der Waals surface area contributed by atoms with Gasteiger partial charge in [-0.1, -0.05) is 6.07 Å². The fourth-order valence-electron chi connectivity index (χ4n) is 1.40. The number of rotatable bonds is 2. The van der Waals surface area contributed by atoms with E-state index in [-0.39, 0.29) is 18.4 Å². The number of amides is 1. The van der Waals surface area contributed by atoms with E-state index in [1.54, 1.807) is 18.2 Å². The summed E-state index contributed by atoms with van der Waals surface area (Å²) >= 11 is 5.53. The number of benzene rings is 1. The smallest absolute Gasteiger partial charge is 0.262 e. The first kappa shape index (κ1) is 10.3. The number of carbonyl (C=O) groups excluding carboxylic acids is 1. The van der Waals surface area contributed by atoms with Gasteiger partial charge in [0.05, 0.1) is 17.7 Å². The van der Waals surface area contributed by atoms with Crippen LogP contribution in [0.25, 0.3) is 0 Å². The van der Waals surface area contributed by atoms with Crippen LogP contribution in [0, 0.1) is 0 Å². The lowest BCUT2D eigenvalue weighted by Gasteiger charge is -2.19. The zero-order chi connectivity index (χ0) is 10.8. The average molecular weight is 228 g/mol. The molecule has 80 valence electrons. The summed E-state index contributed by atoms with van der Waals surface area (Å²) < 4.78 is 5.18. The van der Waals surface area contributed by atoms with Crippen molar-refractivity contribution in [3.63, 3.8) is 0 Å². The van der Waals surface area contributed by atoms with Gasteiger partial charge in [-0.2, -0.15) is 0 Å². The number of hydrogen-bond donors (Lipinski definition) is 2. The molecule has 0 fully saturated rings. The van der Waals surface area contributed by atoms with Crippen LogP contribution in [0.1, 0.15) is 11.7 Å². The van der Waals surface area contributed by atoms with Crippen LogP contribution in [-0.2, 0) is 4.79 Å². The summed E-state index contributed by atoms with van der Waals surface area (Å²) in [6, 6.07) is 5.10. The first-order valence-corrected chi connectivity index (χ1v) is 5.05. The molecule has 0 aromatic heterocycles. The summed E-state index contributed by atoms with van der Waals surface area (Å²) in [7, 11) is 0. The van der Waals surface area contributed by atoms with Gasteiger partial charge in [-0.05, 0) is 17.7 Å². The largest absolute Gasteiger partial charge is 0.482 e. The predicted molar refractivity (Wildman–Crippen MR) is 56.2 cm³/mol. The molecule has 1 aliphatic heterocycles. The van der Waals surface area contributed by atoms with Crippen molar-refractivity contribution < 1.29 is 14.6 Å². The van der Waals surface area contributed by atoms with Crippen molar-refractivity contribution in [2.75, 3.05) is 17.8 Å².